The molecule has 0 unspecified atom stereocenters. The van der Waals surface area contributed by atoms with Crippen LogP contribution in [0.25, 0.3) is 0 Å². The number of aromatic nitrogens is 2. The third kappa shape index (κ3) is 4.51. The van der Waals surface area contributed by atoms with E-state index in [0.717, 1.165) is 17.1 Å². The van der Waals surface area contributed by atoms with E-state index in [1.165, 1.54) is 5.56 Å². The Kier molecular flexibility index (Phi) is 5.54. The van der Waals surface area contributed by atoms with Crippen molar-refractivity contribution >= 4 is 17.5 Å². The van der Waals surface area contributed by atoms with Gasteiger partial charge in [-0.15, -0.1) is 0 Å². The van der Waals surface area contributed by atoms with E-state index in [1.54, 1.807) is 4.90 Å². The Morgan fingerprint density at radius 2 is 1.81 bits per heavy atom. The third-order valence-electron chi connectivity index (χ3n) is 4.82. The van der Waals surface area contributed by atoms with Gasteiger partial charge in [-0.1, -0.05) is 26.0 Å². The number of carbonyl (C=O) groups excluding carboxylic acids is 2. The van der Waals surface area contributed by atoms with Gasteiger partial charge in [-0.25, -0.2) is 9.97 Å². The fraction of sp³-hybridized carbons (Fsp3) is 0.429. The second-order valence-electron chi connectivity index (χ2n) is 7.44. The normalized spacial score (nSPS) is 16.9. The molecular formula is C21H26N4O2. The van der Waals surface area contributed by atoms with Crippen LogP contribution in [0.4, 0.5) is 5.69 Å². The van der Waals surface area contributed by atoms with Gasteiger partial charge in [-0.3, -0.25) is 9.59 Å². The van der Waals surface area contributed by atoms with Crippen LogP contribution < -0.4 is 10.2 Å². The number of amides is 2. The number of benzene rings is 1. The lowest BCUT2D eigenvalue weighted by Crippen LogP contribution is -2.33. The molecular weight excluding hydrogens is 340 g/mol. The van der Waals surface area contributed by atoms with Crippen molar-refractivity contribution < 1.29 is 9.59 Å². The first-order valence-electron chi connectivity index (χ1n) is 9.32. The summed E-state index contributed by atoms with van der Waals surface area (Å²) in [6.45, 7) is 8.75. The van der Waals surface area contributed by atoms with Crippen LogP contribution in [0.15, 0.2) is 30.3 Å². The highest BCUT2D eigenvalue weighted by atomic mass is 16.2. The van der Waals surface area contributed by atoms with E-state index >= 15 is 0 Å². The minimum absolute atomic E-state index is 0.0184. The van der Waals surface area contributed by atoms with Gasteiger partial charge in [0.1, 0.15) is 5.82 Å². The summed E-state index contributed by atoms with van der Waals surface area (Å²) in [6.07, 6.45) is 0.228. The summed E-state index contributed by atoms with van der Waals surface area (Å²) in [5.74, 6) is 0.529. The number of rotatable bonds is 5. The van der Waals surface area contributed by atoms with Crippen LogP contribution in [0, 0.1) is 19.8 Å². The van der Waals surface area contributed by atoms with Crippen LogP contribution in [0.1, 0.15) is 49.0 Å². The van der Waals surface area contributed by atoms with Crippen LogP contribution in [0.2, 0.25) is 0 Å². The van der Waals surface area contributed by atoms with Crippen LogP contribution in [0.5, 0.6) is 0 Å². The maximum Gasteiger partial charge on any atom is 0.227 e. The maximum absolute atomic E-state index is 12.5. The van der Waals surface area contributed by atoms with Gasteiger partial charge in [0.2, 0.25) is 11.8 Å². The zero-order chi connectivity index (χ0) is 19.6. The molecule has 142 valence electrons. The summed E-state index contributed by atoms with van der Waals surface area (Å²) in [6, 6.07) is 9.88. The van der Waals surface area contributed by atoms with Crippen LogP contribution in [-0.4, -0.2) is 28.3 Å². The van der Waals surface area contributed by atoms with Crippen molar-refractivity contribution in [3.05, 3.63) is 53.1 Å². The molecule has 1 aliphatic rings. The molecule has 6 nitrogen and oxygen atoms in total. The smallest absolute Gasteiger partial charge is 0.227 e. The van der Waals surface area contributed by atoms with Crippen molar-refractivity contribution in [3.8, 4) is 0 Å². The summed E-state index contributed by atoms with van der Waals surface area (Å²) in [4.78, 5) is 35.3. The molecule has 27 heavy (non-hydrogen) atoms. The zero-order valence-electron chi connectivity index (χ0n) is 16.3. The molecule has 0 spiro atoms. The molecule has 1 fully saturated rings. The van der Waals surface area contributed by atoms with E-state index in [0.29, 0.717) is 18.3 Å². The molecule has 1 aromatic carbocycles. The molecule has 1 aliphatic heterocycles. The molecule has 2 heterocycles. The molecule has 0 radical (unpaired) electrons. The van der Waals surface area contributed by atoms with Gasteiger partial charge in [-0.2, -0.15) is 0 Å². The van der Waals surface area contributed by atoms with Gasteiger partial charge in [0.15, 0.2) is 0 Å². The largest absolute Gasteiger partial charge is 0.348 e. The predicted octanol–water partition coefficient (Wildman–Crippen LogP) is 2.89. The highest BCUT2D eigenvalue weighted by molar-refractivity contribution is 6.00. The average Bonchev–Trinajstić information content (AvgIpc) is 3.01. The van der Waals surface area contributed by atoms with Gasteiger partial charge < -0.3 is 10.2 Å². The van der Waals surface area contributed by atoms with Crippen molar-refractivity contribution in [3.63, 3.8) is 0 Å². The highest BCUT2D eigenvalue weighted by Gasteiger charge is 2.35. The van der Waals surface area contributed by atoms with Crippen LogP contribution in [0.3, 0.4) is 0 Å². The Balaban J connectivity index is 1.61. The number of carbonyl (C=O) groups is 2. The van der Waals surface area contributed by atoms with E-state index in [-0.39, 0.29) is 30.7 Å². The van der Waals surface area contributed by atoms with E-state index in [9.17, 15) is 9.59 Å². The quantitative estimate of drug-likeness (QED) is 0.883. The summed E-state index contributed by atoms with van der Waals surface area (Å²) in [7, 11) is 0. The van der Waals surface area contributed by atoms with Gasteiger partial charge in [-0.05, 0) is 43.5 Å². The fourth-order valence-corrected chi connectivity index (χ4v) is 3.36. The van der Waals surface area contributed by atoms with E-state index in [2.05, 4.69) is 29.1 Å². The lowest BCUT2D eigenvalue weighted by Gasteiger charge is -2.17. The Morgan fingerprint density at radius 1 is 1.19 bits per heavy atom. The molecule has 1 saturated heterocycles. The fourth-order valence-electron chi connectivity index (χ4n) is 3.36. The van der Waals surface area contributed by atoms with E-state index in [1.807, 2.05) is 44.2 Å². The maximum atomic E-state index is 12.5. The van der Waals surface area contributed by atoms with Gasteiger partial charge in [0, 0.05) is 30.0 Å². The van der Waals surface area contributed by atoms with E-state index in [4.69, 9.17) is 0 Å². The number of anilines is 1. The first-order valence-corrected chi connectivity index (χ1v) is 9.32. The van der Waals surface area contributed by atoms with Crippen molar-refractivity contribution in [2.45, 2.75) is 46.6 Å². The van der Waals surface area contributed by atoms with Gasteiger partial charge in [0.05, 0.1) is 12.5 Å². The number of hydrogen-bond acceptors (Lipinski definition) is 4. The summed E-state index contributed by atoms with van der Waals surface area (Å²) in [5, 5.41) is 2.87. The standard InChI is InChI=1S/C21H26N4O2/c1-13(2)16-5-7-18(8-6-16)25-12-17(10-20(25)26)21(27)22-11-19-23-14(3)9-15(4)24-19/h5-9,13,17H,10-12H2,1-4H3,(H,22,27)/t17-/m0/s1. The molecule has 0 aliphatic carbocycles. The van der Waals surface area contributed by atoms with Crippen molar-refractivity contribution in [2.75, 3.05) is 11.4 Å². The number of hydrogen-bond donors (Lipinski definition) is 1. The van der Waals surface area contributed by atoms with Gasteiger partial charge in [0.25, 0.3) is 0 Å². The zero-order valence-corrected chi connectivity index (χ0v) is 16.3. The molecule has 1 atom stereocenters. The summed E-state index contributed by atoms with van der Waals surface area (Å²) >= 11 is 0. The molecule has 6 heteroatoms. The Bertz CT molecular complexity index is 826. The molecule has 2 aromatic rings. The first kappa shape index (κ1) is 19.0. The number of aryl methyl sites for hydroxylation is 2. The third-order valence-corrected chi connectivity index (χ3v) is 4.82. The first-order chi connectivity index (χ1) is 12.8. The molecule has 0 saturated carbocycles. The Morgan fingerprint density at radius 3 is 2.41 bits per heavy atom. The second-order valence-corrected chi connectivity index (χ2v) is 7.44. The number of nitrogens with one attached hydrogen (secondary N) is 1. The predicted molar refractivity (Wildman–Crippen MR) is 104 cm³/mol. The second kappa shape index (κ2) is 7.86. The Hall–Kier alpha value is -2.76. The molecule has 3 rings (SSSR count). The molecule has 1 aromatic heterocycles. The minimum atomic E-state index is -0.354. The lowest BCUT2D eigenvalue weighted by atomic mass is 10.0. The topological polar surface area (TPSA) is 75.2 Å². The summed E-state index contributed by atoms with van der Waals surface area (Å²) < 4.78 is 0. The highest BCUT2D eigenvalue weighted by Crippen LogP contribution is 2.27. The van der Waals surface area contributed by atoms with Crippen molar-refractivity contribution in [1.82, 2.24) is 15.3 Å². The van der Waals surface area contributed by atoms with Crippen LogP contribution in [-0.2, 0) is 16.1 Å². The average molecular weight is 366 g/mol. The lowest BCUT2D eigenvalue weighted by molar-refractivity contribution is -0.126. The SMILES string of the molecule is Cc1cc(C)nc(CNC(=O)[C@H]2CC(=O)N(c3ccc(C(C)C)cc3)C2)n1. The van der Waals surface area contributed by atoms with Crippen molar-refractivity contribution in [1.29, 1.82) is 0 Å². The number of nitrogens with zero attached hydrogens (tertiary/aromatic N) is 3. The molecule has 2 amide bonds. The van der Waals surface area contributed by atoms with Crippen molar-refractivity contribution in [2.24, 2.45) is 5.92 Å². The monoisotopic (exact) mass is 366 g/mol. The molecule has 0 bridgehead atoms. The summed E-state index contributed by atoms with van der Waals surface area (Å²) in [5.41, 5.74) is 3.82. The minimum Gasteiger partial charge on any atom is -0.348 e. The van der Waals surface area contributed by atoms with Crippen LogP contribution >= 0.6 is 0 Å². The molecule has 1 N–H and O–H groups in total. The Labute approximate surface area is 160 Å². The van der Waals surface area contributed by atoms with Gasteiger partial charge >= 0.3 is 0 Å². The van der Waals surface area contributed by atoms with E-state index < -0.39 is 0 Å².